The van der Waals surface area contributed by atoms with Crippen LogP contribution in [0, 0.1) is 0 Å². The summed E-state index contributed by atoms with van der Waals surface area (Å²) in [6, 6.07) is 25.7. The van der Waals surface area contributed by atoms with E-state index in [9.17, 15) is 0 Å². The number of nitrogens with one attached hydrogen (secondary N) is 1. The lowest BCUT2D eigenvalue weighted by atomic mass is 9.99. The number of benzene rings is 3. The lowest BCUT2D eigenvalue weighted by Gasteiger charge is -2.30. The minimum atomic E-state index is 0.0357. The predicted molar refractivity (Wildman–Crippen MR) is 107 cm³/mol. The van der Waals surface area contributed by atoms with Gasteiger partial charge in [-0.05, 0) is 41.3 Å². The second-order valence-electron chi connectivity index (χ2n) is 7.21. The molecular formula is C23H21N3. The van der Waals surface area contributed by atoms with Crippen LogP contribution < -0.4 is 5.32 Å². The second kappa shape index (κ2) is 5.73. The molecule has 1 aliphatic rings. The van der Waals surface area contributed by atoms with Gasteiger partial charge in [-0.2, -0.15) is 0 Å². The molecule has 2 heterocycles. The van der Waals surface area contributed by atoms with Crippen molar-refractivity contribution in [1.82, 2.24) is 9.55 Å². The van der Waals surface area contributed by atoms with Crippen molar-refractivity contribution in [3.8, 4) is 11.4 Å². The average Bonchev–Trinajstić information content (AvgIpc) is 3.07. The highest BCUT2D eigenvalue weighted by molar-refractivity contribution is 5.86. The first kappa shape index (κ1) is 15.2. The largest absolute Gasteiger partial charge is 0.361 e. The number of para-hydroxylation sites is 3. The highest BCUT2D eigenvalue weighted by atomic mass is 15.2. The van der Waals surface area contributed by atoms with Crippen LogP contribution in [0.4, 0.5) is 5.69 Å². The Morgan fingerprint density at radius 2 is 1.62 bits per heavy atom. The van der Waals surface area contributed by atoms with Crippen LogP contribution in [0.25, 0.3) is 22.4 Å². The van der Waals surface area contributed by atoms with E-state index in [1.54, 1.807) is 0 Å². The second-order valence-corrected chi connectivity index (χ2v) is 7.21. The van der Waals surface area contributed by atoms with Gasteiger partial charge in [-0.1, -0.05) is 62.4 Å². The van der Waals surface area contributed by atoms with Gasteiger partial charge >= 0.3 is 0 Å². The van der Waals surface area contributed by atoms with Crippen molar-refractivity contribution < 1.29 is 0 Å². The van der Waals surface area contributed by atoms with Crippen molar-refractivity contribution in [2.75, 3.05) is 5.32 Å². The molecule has 5 rings (SSSR count). The van der Waals surface area contributed by atoms with E-state index in [4.69, 9.17) is 4.98 Å². The molecule has 0 bridgehead atoms. The van der Waals surface area contributed by atoms with E-state index in [2.05, 4.69) is 90.5 Å². The highest BCUT2D eigenvalue weighted by Gasteiger charge is 2.27. The monoisotopic (exact) mass is 339 g/mol. The molecule has 0 spiro atoms. The van der Waals surface area contributed by atoms with Crippen molar-refractivity contribution in [3.05, 3.63) is 83.9 Å². The van der Waals surface area contributed by atoms with Crippen LogP contribution in [0.5, 0.6) is 0 Å². The van der Waals surface area contributed by atoms with Crippen LogP contribution in [0.1, 0.15) is 37.1 Å². The van der Waals surface area contributed by atoms with Crippen molar-refractivity contribution in [2.24, 2.45) is 0 Å². The summed E-state index contributed by atoms with van der Waals surface area (Å²) in [7, 11) is 0. The minimum Gasteiger partial charge on any atom is -0.361 e. The number of hydrogen-bond acceptors (Lipinski definition) is 2. The van der Waals surface area contributed by atoms with E-state index in [1.165, 1.54) is 11.1 Å². The third-order valence-corrected chi connectivity index (χ3v) is 5.23. The standard InChI is InChI=1S/C23H21N3/c1-15(2)16-11-13-17(14-12-16)22-24-19-8-4-3-7-18(19)23-25-20-9-5-6-10-21(20)26(22)23/h3-15,22,24H,1-2H3. The molecule has 1 atom stereocenters. The molecule has 3 nitrogen and oxygen atoms in total. The van der Waals surface area contributed by atoms with Crippen LogP contribution in [-0.2, 0) is 0 Å². The summed E-state index contributed by atoms with van der Waals surface area (Å²) >= 11 is 0. The first-order valence-electron chi connectivity index (χ1n) is 9.15. The Labute approximate surface area is 153 Å². The molecule has 0 fully saturated rings. The highest BCUT2D eigenvalue weighted by Crippen LogP contribution is 2.40. The quantitative estimate of drug-likeness (QED) is 0.500. The maximum absolute atomic E-state index is 4.94. The Kier molecular flexibility index (Phi) is 3.35. The zero-order valence-corrected chi connectivity index (χ0v) is 15.0. The summed E-state index contributed by atoms with van der Waals surface area (Å²) in [5, 5.41) is 3.72. The summed E-state index contributed by atoms with van der Waals surface area (Å²) < 4.78 is 2.32. The van der Waals surface area contributed by atoms with Crippen molar-refractivity contribution >= 4 is 16.7 Å². The van der Waals surface area contributed by atoms with Gasteiger partial charge in [0, 0.05) is 11.3 Å². The van der Waals surface area contributed by atoms with Gasteiger partial charge in [0.2, 0.25) is 0 Å². The topological polar surface area (TPSA) is 29.9 Å². The Balaban J connectivity index is 1.73. The van der Waals surface area contributed by atoms with E-state index in [1.807, 2.05) is 6.07 Å². The van der Waals surface area contributed by atoms with Gasteiger partial charge in [0.25, 0.3) is 0 Å². The van der Waals surface area contributed by atoms with Crippen LogP contribution in [0.2, 0.25) is 0 Å². The number of nitrogens with zero attached hydrogens (tertiary/aromatic N) is 2. The summed E-state index contributed by atoms with van der Waals surface area (Å²) in [5.41, 5.74) is 7.08. The molecule has 0 saturated heterocycles. The number of imidazole rings is 1. The van der Waals surface area contributed by atoms with Crippen LogP contribution >= 0.6 is 0 Å². The van der Waals surface area contributed by atoms with Crippen LogP contribution in [0.3, 0.4) is 0 Å². The molecule has 3 aromatic carbocycles. The molecule has 128 valence electrons. The number of aromatic nitrogens is 2. The Morgan fingerprint density at radius 1 is 0.885 bits per heavy atom. The molecule has 0 amide bonds. The fourth-order valence-electron chi connectivity index (χ4n) is 3.81. The van der Waals surface area contributed by atoms with E-state index < -0.39 is 0 Å². The molecule has 0 saturated carbocycles. The molecule has 0 radical (unpaired) electrons. The zero-order chi connectivity index (χ0) is 17.7. The number of fused-ring (bicyclic) bond motifs is 5. The maximum atomic E-state index is 4.94. The van der Waals surface area contributed by atoms with Gasteiger partial charge in [0.15, 0.2) is 0 Å². The van der Waals surface area contributed by atoms with Crippen LogP contribution in [0.15, 0.2) is 72.8 Å². The minimum absolute atomic E-state index is 0.0357. The van der Waals surface area contributed by atoms with Gasteiger partial charge in [0.1, 0.15) is 12.0 Å². The normalized spacial score (nSPS) is 15.6. The fraction of sp³-hybridized carbons (Fsp3) is 0.174. The average molecular weight is 339 g/mol. The number of anilines is 1. The number of hydrogen-bond donors (Lipinski definition) is 1. The van der Waals surface area contributed by atoms with Crippen molar-refractivity contribution in [1.29, 1.82) is 0 Å². The fourth-order valence-corrected chi connectivity index (χ4v) is 3.81. The Morgan fingerprint density at radius 3 is 2.42 bits per heavy atom. The molecule has 1 unspecified atom stereocenters. The van der Waals surface area contributed by atoms with E-state index in [0.29, 0.717) is 5.92 Å². The summed E-state index contributed by atoms with van der Waals surface area (Å²) in [6.45, 7) is 4.46. The Hall–Kier alpha value is -3.07. The lowest BCUT2D eigenvalue weighted by Crippen LogP contribution is -2.24. The predicted octanol–water partition coefficient (Wildman–Crippen LogP) is 5.80. The molecule has 1 N–H and O–H groups in total. The van der Waals surface area contributed by atoms with Gasteiger partial charge in [-0.25, -0.2) is 4.98 Å². The summed E-state index contributed by atoms with van der Waals surface area (Å²) in [5.74, 6) is 1.56. The molecule has 4 aromatic rings. The molecule has 1 aliphatic heterocycles. The summed E-state index contributed by atoms with van der Waals surface area (Å²) in [6.07, 6.45) is 0.0357. The third-order valence-electron chi connectivity index (χ3n) is 5.23. The zero-order valence-electron chi connectivity index (χ0n) is 15.0. The SMILES string of the molecule is CC(C)c1ccc(C2Nc3ccccc3-c3nc4ccccc4n32)cc1. The van der Waals surface area contributed by atoms with Crippen molar-refractivity contribution in [2.45, 2.75) is 25.9 Å². The number of rotatable bonds is 2. The van der Waals surface area contributed by atoms with Crippen LogP contribution in [-0.4, -0.2) is 9.55 Å². The Bertz CT molecular complexity index is 1090. The molecule has 26 heavy (non-hydrogen) atoms. The van der Waals surface area contributed by atoms with Crippen molar-refractivity contribution in [3.63, 3.8) is 0 Å². The lowest BCUT2D eigenvalue weighted by molar-refractivity contribution is 0.668. The van der Waals surface area contributed by atoms with Gasteiger partial charge in [-0.15, -0.1) is 0 Å². The smallest absolute Gasteiger partial charge is 0.145 e. The first-order valence-corrected chi connectivity index (χ1v) is 9.15. The van der Waals surface area contributed by atoms with Gasteiger partial charge in [0.05, 0.1) is 11.0 Å². The summed E-state index contributed by atoms with van der Waals surface area (Å²) in [4.78, 5) is 4.94. The molecular weight excluding hydrogens is 318 g/mol. The van der Waals surface area contributed by atoms with E-state index >= 15 is 0 Å². The molecule has 1 aromatic heterocycles. The van der Waals surface area contributed by atoms with E-state index in [-0.39, 0.29) is 6.17 Å². The first-order chi connectivity index (χ1) is 12.7. The van der Waals surface area contributed by atoms with Gasteiger partial charge in [-0.3, -0.25) is 4.57 Å². The third kappa shape index (κ3) is 2.24. The van der Waals surface area contributed by atoms with Gasteiger partial charge < -0.3 is 5.32 Å². The maximum Gasteiger partial charge on any atom is 0.145 e. The molecule has 0 aliphatic carbocycles. The molecule has 3 heteroatoms. The van der Waals surface area contributed by atoms with E-state index in [0.717, 1.165) is 28.1 Å².